The highest BCUT2D eigenvalue weighted by Crippen LogP contribution is 2.02. The van der Waals surface area contributed by atoms with Gasteiger partial charge in [0, 0.05) is 6.04 Å². The topological polar surface area (TPSA) is 89.3 Å². The monoisotopic (exact) mass is 182 g/mol. The number of nitrogens with two attached hydrogens (primary N) is 2. The summed E-state index contributed by atoms with van der Waals surface area (Å²) in [4.78, 5) is 10.3. The Kier molecular flexibility index (Phi) is 6.46. The van der Waals surface area contributed by atoms with Gasteiger partial charge < -0.3 is 16.6 Å². The van der Waals surface area contributed by atoms with E-state index in [0.717, 1.165) is 0 Å². The first-order valence-corrected chi connectivity index (χ1v) is 3.19. The van der Waals surface area contributed by atoms with Crippen molar-refractivity contribution in [1.29, 1.82) is 0 Å². The first-order valence-electron chi connectivity index (χ1n) is 3.19. The molecule has 0 saturated carbocycles. The molecule has 4 nitrogen and oxygen atoms in total. The van der Waals surface area contributed by atoms with E-state index in [9.17, 15) is 4.79 Å². The largest absolute Gasteiger partial charge is 0.382 e. The van der Waals surface area contributed by atoms with Crippen LogP contribution >= 0.6 is 12.4 Å². The number of aliphatic hydroxyl groups is 1. The van der Waals surface area contributed by atoms with E-state index in [2.05, 4.69) is 0 Å². The summed E-state index contributed by atoms with van der Waals surface area (Å²) < 4.78 is 0. The molecule has 0 aromatic rings. The first kappa shape index (κ1) is 13.3. The molecule has 2 atom stereocenters. The van der Waals surface area contributed by atoms with E-state index >= 15 is 0 Å². The van der Waals surface area contributed by atoms with Crippen LogP contribution in [0.4, 0.5) is 0 Å². The van der Waals surface area contributed by atoms with Crippen LogP contribution in [-0.4, -0.2) is 23.2 Å². The number of hydrogen-bond acceptors (Lipinski definition) is 3. The number of aliphatic hydroxyl groups excluding tert-OH is 1. The van der Waals surface area contributed by atoms with Crippen LogP contribution in [0.15, 0.2) is 0 Å². The molecular weight excluding hydrogens is 168 g/mol. The minimum atomic E-state index is -1.22. The van der Waals surface area contributed by atoms with Gasteiger partial charge in [0.05, 0.1) is 0 Å². The van der Waals surface area contributed by atoms with E-state index in [-0.39, 0.29) is 18.3 Å². The molecule has 0 radical (unpaired) electrons. The number of halogens is 1. The van der Waals surface area contributed by atoms with E-state index in [1.807, 2.05) is 13.8 Å². The molecule has 68 valence electrons. The number of amides is 1. The number of carbonyl (C=O) groups is 1. The summed E-state index contributed by atoms with van der Waals surface area (Å²) in [5.74, 6) is -0.705. The molecule has 0 heterocycles. The summed E-state index contributed by atoms with van der Waals surface area (Å²) in [5.41, 5.74) is 10.2. The standard InChI is InChI=1S/C6H14N2O2.ClH/c1-3(2)4(7)5(9)6(8)10;/h3-5,9H,7H2,1-2H3,(H2,8,10);1H. The van der Waals surface area contributed by atoms with E-state index in [1.165, 1.54) is 0 Å². The normalized spacial score (nSPS) is 15.4. The lowest BCUT2D eigenvalue weighted by Gasteiger charge is -2.18. The zero-order chi connectivity index (χ0) is 8.31. The molecule has 0 aromatic heterocycles. The van der Waals surface area contributed by atoms with Gasteiger partial charge in [0.15, 0.2) is 0 Å². The Balaban J connectivity index is 0. The summed E-state index contributed by atoms with van der Waals surface area (Å²) in [6.45, 7) is 3.63. The number of primary amides is 1. The van der Waals surface area contributed by atoms with Gasteiger partial charge in [0.25, 0.3) is 0 Å². The van der Waals surface area contributed by atoms with Crippen LogP contribution in [0.3, 0.4) is 0 Å². The summed E-state index contributed by atoms with van der Waals surface area (Å²) in [6.07, 6.45) is -1.22. The van der Waals surface area contributed by atoms with Gasteiger partial charge >= 0.3 is 0 Å². The zero-order valence-corrected chi connectivity index (χ0v) is 7.47. The second kappa shape index (κ2) is 5.35. The van der Waals surface area contributed by atoms with Crippen LogP contribution in [-0.2, 0) is 4.79 Å². The van der Waals surface area contributed by atoms with Crippen molar-refractivity contribution < 1.29 is 9.90 Å². The van der Waals surface area contributed by atoms with Crippen molar-refractivity contribution in [3.63, 3.8) is 0 Å². The molecule has 5 N–H and O–H groups in total. The predicted octanol–water partition coefficient (Wildman–Crippen LogP) is -0.762. The molecule has 0 fully saturated rings. The lowest BCUT2D eigenvalue weighted by Crippen LogP contribution is -2.46. The van der Waals surface area contributed by atoms with Crippen LogP contribution in [0.25, 0.3) is 0 Å². The molecule has 0 aromatic carbocycles. The Hall–Kier alpha value is -0.320. The van der Waals surface area contributed by atoms with E-state index in [0.29, 0.717) is 0 Å². The summed E-state index contributed by atoms with van der Waals surface area (Å²) >= 11 is 0. The Morgan fingerprint density at radius 1 is 1.45 bits per heavy atom. The molecule has 5 heteroatoms. The number of hydrogen-bond donors (Lipinski definition) is 3. The van der Waals surface area contributed by atoms with Crippen molar-refractivity contribution in [2.45, 2.75) is 26.0 Å². The molecule has 11 heavy (non-hydrogen) atoms. The van der Waals surface area contributed by atoms with Gasteiger partial charge in [0.2, 0.25) is 5.91 Å². The van der Waals surface area contributed by atoms with Crippen molar-refractivity contribution in [2.24, 2.45) is 17.4 Å². The predicted molar refractivity (Wildman–Crippen MR) is 45.3 cm³/mol. The molecule has 0 rings (SSSR count). The Bertz CT molecular complexity index is 130. The fraction of sp³-hybridized carbons (Fsp3) is 0.833. The van der Waals surface area contributed by atoms with Crippen LogP contribution in [0.2, 0.25) is 0 Å². The summed E-state index contributed by atoms with van der Waals surface area (Å²) in [5, 5.41) is 8.97. The third-order valence-electron chi connectivity index (χ3n) is 1.43. The van der Waals surface area contributed by atoms with Crippen molar-refractivity contribution >= 4 is 18.3 Å². The Labute approximate surface area is 72.4 Å². The average Bonchev–Trinajstić information content (AvgIpc) is 1.84. The zero-order valence-electron chi connectivity index (χ0n) is 6.65. The van der Waals surface area contributed by atoms with Gasteiger partial charge in [-0.1, -0.05) is 13.8 Å². The molecule has 0 spiro atoms. The first-order chi connectivity index (χ1) is 4.46. The minimum absolute atomic E-state index is 0. The molecule has 1 amide bonds. The minimum Gasteiger partial charge on any atom is -0.382 e. The van der Waals surface area contributed by atoms with Crippen molar-refractivity contribution in [3.05, 3.63) is 0 Å². The molecule has 0 bridgehead atoms. The van der Waals surface area contributed by atoms with Gasteiger partial charge in [-0.05, 0) is 5.92 Å². The van der Waals surface area contributed by atoms with Gasteiger partial charge in [0.1, 0.15) is 6.10 Å². The summed E-state index contributed by atoms with van der Waals surface area (Å²) in [7, 11) is 0. The highest BCUT2D eigenvalue weighted by atomic mass is 35.5. The molecule has 0 aliphatic heterocycles. The van der Waals surface area contributed by atoms with Crippen molar-refractivity contribution in [2.75, 3.05) is 0 Å². The SMILES string of the molecule is CC(C)C(N)C(O)C(N)=O.Cl. The van der Waals surface area contributed by atoms with E-state index in [1.54, 1.807) is 0 Å². The van der Waals surface area contributed by atoms with E-state index in [4.69, 9.17) is 16.6 Å². The third-order valence-corrected chi connectivity index (χ3v) is 1.43. The molecule has 0 saturated heterocycles. The molecular formula is C6H15ClN2O2. The highest BCUT2D eigenvalue weighted by molar-refractivity contribution is 5.85. The summed E-state index contributed by atoms with van der Waals surface area (Å²) in [6, 6.07) is -0.558. The fourth-order valence-corrected chi connectivity index (χ4v) is 0.554. The number of rotatable bonds is 3. The second-order valence-corrected chi connectivity index (χ2v) is 2.67. The van der Waals surface area contributed by atoms with Gasteiger partial charge in [-0.15, -0.1) is 12.4 Å². The van der Waals surface area contributed by atoms with Crippen LogP contribution in [0.5, 0.6) is 0 Å². The lowest BCUT2D eigenvalue weighted by atomic mass is 9.99. The maximum absolute atomic E-state index is 10.3. The van der Waals surface area contributed by atoms with Crippen molar-refractivity contribution in [1.82, 2.24) is 0 Å². The maximum Gasteiger partial charge on any atom is 0.247 e. The maximum atomic E-state index is 10.3. The second-order valence-electron chi connectivity index (χ2n) is 2.67. The molecule has 0 aliphatic carbocycles. The quantitative estimate of drug-likeness (QED) is 0.536. The Morgan fingerprint density at radius 3 is 1.91 bits per heavy atom. The van der Waals surface area contributed by atoms with E-state index < -0.39 is 18.1 Å². The van der Waals surface area contributed by atoms with Gasteiger partial charge in [-0.3, -0.25) is 4.79 Å². The fourth-order valence-electron chi connectivity index (χ4n) is 0.554. The van der Waals surface area contributed by atoms with Crippen LogP contribution in [0, 0.1) is 5.92 Å². The van der Waals surface area contributed by atoms with Gasteiger partial charge in [-0.25, -0.2) is 0 Å². The number of carbonyl (C=O) groups excluding carboxylic acids is 1. The third kappa shape index (κ3) is 4.19. The van der Waals surface area contributed by atoms with Gasteiger partial charge in [-0.2, -0.15) is 0 Å². The average molecular weight is 183 g/mol. The van der Waals surface area contributed by atoms with Crippen molar-refractivity contribution in [3.8, 4) is 0 Å². The van der Waals surface area contributed by atoms with Crippen LogP contribution < -0.4 is 11.5 Å². The smallest absolute Gasteiger partial charge is 0.247 e. The lowest BCUT2D eigenvalue weighted by molar-refractivity contribution is -0.127. The molecule has 2 unspecified atom stereocenters. The van der Waals surface area contributed by atoms with Crippen LogP contribution in [0.1, 0.15) is 13.8 Å². The molecule has 0 aliphatic rings. The highest BCUT2D eigenvalue weighted by Gasteiger charge is 2.22. The Morgan fingerprint density at radius 2 is 1.82 bits per heavy atom.